The third-order valence-corrected chi connectivity index (χ3v) is 6.06. The molecule has 0 aliphatic heterocycles. The number of nitrogens with one attached hydrogen (secondary N) is 1. The Morgan fingerprint density at radius 1 is 0.806 bits per heavy atom. The Labute approximate surface area is 239 Å². The SMILES string of the molecule is CCCCCCCCCCCCCCCCCCNC(=O)CC(C(=O)O)S(=O)[O-].[H-].[H-].[Na+].[Na+]. The Morgan fingerprint density at radius 2 is 1.16 bits per heavy atom. The molecule has 0 saturated heterocycles. The van der Waals surface area contributed by atoms with Gasteiger partial charge in [0.25, 0.3) is 0 Å². The minimum Gasteiger partial charge on any atom is -1.00 e. The molecule has 0 rings (SSSR count). The molecule has 0 bridgehead atoms. The summed E-state index contributed by atoms with van der Waals surface area (Å²) in [6, 6.07) is 0. The van der Waals surface area contributed by atoms with E-state index >= 15 is 0 Å². The van der Waals surface area contributed by atoms with Crippen LogP contribution in [0.25, 0.3) is 0 Å². The zero-order valence-corrected chi connectivity index (χ0v) is 25.1. The summed E-state index contributed by atoms with van der Waals surface area (Å²) >= 11 is -2.78. The number of carbonyl (C=O) groups excluding carboxylic acids is 1. The molecule has 0 saturated carbocycles. The van der Waals surface area contributed by atoms with Gasteiger partial charge in [0.2, 0.25) is 5.91 Å². The molecule has 0 aliphatic rings. The number of amides is 1. The van der Waals surface area contributed by atoms with Crippen LogP contribution in [0.2, 0.25) is 0 Å². The van der Waals surface area contributed by atoms with Crippen LogP contribution in [0.1, 0.15) is 119 Å². The van der Waals surface area contributed by atoms with Crippen LogP contribution in [0, 0.1) is 0 Å². The Kier molecular flexibility index (Phi) is 32.2. The molecule has 1 amide bonds. The molecular weight excluding hydrogens is 436 g/mol. The Balaban J connectivity index is -0.000000653. The van der Waals surface area contributed by atoms with Crippen molar-refractivity contribution in [2.75, 3.05) is 6.54 Å². The minimum atomic E-state index is -2.78. The van der Waals surface area contributed by atoms with Gasteiger partial charge in [0.1, 0.15) is 5.25 Å². The third-order valence-electron chi connectivity index (χ3n) is 5.23. The van der Waals surface area contributed by atoms with E-state index in [9.17, 15) is 18.4 Å². The van der Waals surface area contributed by atoms with E-state index in [0.29, 0.717) is 6.54 Å². The van der Waals surface area contributed by atoms with E-state index < -0.39 is 34.6 Å². The second-order valence-corrected chi connectivity index (χ2v) is 9.03. The molecule has 0 spiro atoms. The summed E-state index contributed by atoms with van der Waals surface area (Å²) in [7, 11) is 0. The maximum Gasteiger partial charge on any atom is 1.00 e. The summed E-state index contributed by atoms with van der Waals surface area (Å²) in [5, 5.41) is 9.67. The fourth-order valence-corrected chi connectivity index (χ4v) is 3.83. The topological polar surface area (TPSA) is 107 Å². The summed E-state index contributed by atoms with van der Waals surface area (Å²) in [6.07, 6.45) is 20.0. The van der Waals surface area contributed by atoms with Gasteiger partial charge < -0.3 is 17.8 Å². The van der Waals surface area contributed by atoms with Crippen molar-refractivity contribution in [2.45, 2.75) is 121 Å². The molecule has 0 aliphatic carbocycles. The maximum atomic E-state index is 11.6. The third kappa shape index (κ3) is 25.5. The summed E-state index contributed by atoms with van der Waals surface area (Å²) in [5.74, 6) is -2.02. The largest absolute Gasteiger partial charge is 1.00 e. The van der Waals surface area contributed by atoms with E-state index in [4.69, 9.17) is 5.11 Å². The first-order valence-corrected chi connectivity index (χ1v) is 12.7. The summed E-state index contributed by atoms with van der Waals surface area (Å²) < 4.78 is 21.5. The molecular formula is C22H44NNa2O5S-. The molecule has 2 unspecified atom stereocenters. The van der Waals surface area contributed by atoms with Gasteiger partial charge in [-0.05, 0) is 17.5 Å². The van der Waals surface area contributed by atoms with Crippen molar-refractivity contribution in [3.8, 4) is 0 Å². The van der Waals surface area contributed by atoms with Gasteiger partial charge in [0, 0.05) is 6.54 Å². The maximum absolute atomic E-state index is 11.6. The molecule has 0 aromatic heterocycles. The number of hydrogen-bond donors (Lipinski definition) is 2. The smallest absolute Gasteiger partial charge is 1.00 e. The van der Waals surface area contributed by atoms with Crippen LogP contribution in [0.3, 0.4) is 0 Å². The van der Waals surface area contributed by atoms with Crippen molar-refractivity contribution in [2.24, 2.45) is 0 Å². The van der Waals surface area contributed by atoms with Crippen LogP contribution >= 0.6 is 0 Å². The summed E-state index contributed by atoms with van der Waals surface area (Å²) in [5.41, 5.74) is 0. The van der Waals surface area contributed by atoms with E-state index in [1.54, 1.807) is 0 Å². The van der Waals surface area contributed by atoms with Gasteiger partial charge in [0.15, 0.2) is 0 Å². The van der Waals surface area contributed by atoms with Crippen LogP contribution in [0.15, 0.2) is 0 Å². The van der Waals surface area contributed by atoms with Crippen LogP contribution in [-0.2, 0) is 20.7 Å². The fraction of sp³-hybridized carbons (Fsp3) is 0.909. The average Bonchev–Trinajstić information content (AvgIpc) is 2.68. The van der Waals surface area contributed by atoms with Crippen molar-refractivity contribution < 1.29 is 85.4 Å². The first-order valence-electron chi connectivity index (χ1n) is 11.6. The second-order valence-electron chi connectivity index (χ2n) is 7.94. The standard InChI is InChI=1S/C22H43NO5S.2Na.2H/c1-2-3-4-5-6-7-8-9-10-11-12-13-14-15-16-17-18-23-21(24)19-20(22(25)26)29(27)28;;;;/h20H,2-19H2,1H3,(H,23,24)(H,25,26)(H,27,28);;;;/q;2*+1;2*-1/p-1. The molecule has 176 valence electrons. The number of hydrogen-bond acceptors (Lipinski definition) is 4. The minimum absolute atomic E-state index is 0. The summed E-state index contributed by atoms with van der Waals surface area (Å²) in [4.78, 5) is 22.3. The van der Waals surface area contributed by atoms with Crippen LogP contribution in [0.4, 0.5) is 0 Å². The monoisotopic (exact) mass is 480 g/mol. The molecule has 0 heterocycles. The van der Waals surface area contributed by atoms with Gasteiger partial charge in [-0.2, -0.15) is 0 Å². The number of carboxylic acids is 1. The Bertz CT molecular complexity index is 453. The van der Waals surface area contributed by atoms with Crippen molar-refractivity contribution in [3.05, 3.63) is 0 Å². The first-order chi connectivity index (χ1) is 14.0. The molecule has 0 aromatic rings. The molecule has 0 aromatic carbocycles. The van der Waals surface area contributed by atoms with Gasteiger partial charge in [-0.25, -0.2) is 0 Å². The van der Waals surface area contributed by atoms with Crippen molar-refractivity contribution in [1.29, 1.82) is 0 Å². The Hall–Kier alpha value is 1.05. The van der Waals surface area contributed by atoms with Crippen molar-refractivity contribution in [3.63, 3.8) is 0 Å². The number of carboxylic acid groups (broad SMARTS) is 1. The normalized spacial score (nSPS) is 12.3. The fourth-order valence-electron chi connectivity index (χ4n) is 3.38. The second kappa shape index (κ2) is 27.3. The molecule has 0 fully saturated rings. The van der Waals surface area contributed by atoms with Crippen molar-refractivity contribution in [1.82, 2.24) is 5.32 Å². The van der Waals surface area contributed by atoms with E-state index in [1.807, 2.05) is 0 Å². The van der Waals surface area contributed by atoms with E-state index in [2.05, 4.69) is 12.2 Å². The molecule has 31 heavy (non-hydrogen) atoms. The zero-order valence-electron chi connectivity index (χ0n) is 22.3. The van der Waals surface area contributed by atoms with Crippen LogP contribution < -0.4 is 64.4 Å². The predicted octanol–water partition coefficient (Wildman–Crippen LogP) is -0.680. The van der Waals surface area contributed by atoms with Crippen LogP contribution in [-0.4, -0.2) is 37.5 Å². The number of unbranched alkanes of at least 4 members (excludes halogenated alkanes) is 15. The van der Waals surface area contributed by atoms with Gasteiger partial charge in [-0.3, -0.25) is 13.8 Å². The van der Waals surface area contributed by atoms with Gasteiger partial charge >= 0.3 is 65.1 Å². The quantitative estimate of drug-likeness (QED) is 0.129. The van der Waals surface area contributed by atoms with Gasteiger partial charge in [-0.1, -0.05) is 103 Å². The van der Waals surface area contributed by atoms with Crippen molar-refractivity contribution >= 4 is 23.0 Å². The number of rotatable bonds is 21. The van der Waals surface area contributed by atoms with Crippen LogP contribution in [0.5, 0.6) is 0 Å². The average molecular weight is 481 g/mol. The van der Waals surface area contributed by atoms with Gasteiger partial charge in [-0.15, -0.1) is 0 Å². The summed E-state index contributed by atoms with van der Waals surface area (Å²) in [6.45, 7) is 2.72. The zero-order chi connectivity index (χ0) is 21.7. The predicted molar refractivity (Wildman–Crippen MR) is 120 cm³/mol. The molecule has 9 heteroatoms. The number of aliphatic carboxylic acids is 1. The molecule has 0 radical (unpaired) electrons. The molecule has 2 atom stereocenters. The Morgan fingerprint density at radius 3 is 1.48 bits per heavy atom. The van der Waals surface area contributed by atoms with E-state index in [0.717, 1.165) is 19.3 Å². The van der Waals surface area contributed by atoms with E-state index in [1.165, 1.54) is 83.5 Å². The first kappa shape index (κ1) is 36.6. The van der Waals surface area contributed by atoms with E-state index in [-0.39, 0.29) is 62.0 Å². The molecule has 6 nitrogen and oxygen atoms in total. The molecule has 2 N–H and O–H groups in total. The van der Waals surface area contributed by atoms with Gasteiger partial charge in [0.05, 0.1) is 6.42 Å². The number of carbonyl (C=O) groups is 2.